The van der Waals surface area contributed by atoms with Crippen LogP contribution in [0.15, 0.2) is 0 Å². The van der Waals surface area contributed by atoms with Gasteiger partial charge in [0.2, 0.25) is 5.78 Å². The van der Waals surface area contributed by atoms with Gasteiger partial charge in [0.25, 0.3) is 0 Å². The second-order valence-electron chi connectivity index (χ2n) is 6.66. The molecule has 34 heavy (non-hydrogen) atoms. The highest BCUT2D eigenvalue weighted by molar-refractivity contribution is 5.87. The van der Waals surface area contributed by atoms with Gasteiger partial charge in [-0.15, -0.1) is 0 Å². The molecule has 0 aliphatic rings. The first-order valence-electron chi connectivity index (χ1n) is 8.55. The number of ketones is 1. The highest BCUT2D eigenvalue weighted by atomic mass is 19.4. The highest BCUT2D eigenvalue weighted by Crippen LogP contribution is 2.64. The SMILES string of the molecule is CCCOCCCC(=O)C(F)(F)C(F)(F)C(F)(F)C(F)(F)C(F)(F)C(F)(F)C(F)(F)C(F)(F)F. The fourth-order valence-electron chi connectivity index (χ4n) is 2.08. The van der Waals surface area contributed by atoms with Crippen molar-refractivity contribution in [1.82, 2.24) is 0 Å². The van der Waals surface area contributed by atoms with Crippen LogP contribution in [0.4, 0.5) is 74.6 Å². The zero-order chi connectivity index (χ0) is 27.8. The van der Waals surface area contributed by atoms with Crippen molar-refractivity contribution in [3.8, 4) is 0 Å². The molecular weight excluding hydrogens is 535 g/mol. The van der Waals surface area contributed by atoms with E-state index in [9.17, 15) is 79.4 Å². The molecule has 0 bridgehead atoms. The second-order valence-corrected chi connectivity index (χ2v) is 6.66. The Morgan fingerprint density at radius 2 is 0.912 bits per heavy atom. The van der Waals surface area contributed by atoms with Crippen molar-refractivity contribution >= 4 is 5.78 Å². The van der Waals surface area contributed by atoms with Gasteiger partial charge in [-0.05, 0) is 12.8 Å². The lowest BCUT2D eigenvalue weighted by Gasteiger charge is -2.42. The van der Waals surface area contributed by atoms with Gasteiger partial charge < -0.3 is 4.74 Å². The quantitative estimate of drug-likeness (QED) is 0.188. The summed E-state index contributed by atoms with van der Waals surface area (Å²) in [5.74, 6) is -60.9. The number of hydrogen-bond acceptors (Lipinski definition) is 2. The van der Waals surface area contributed by atoms with Gasteiger partial charge in [0.05, 0.1) is 0 Å². The van der Waals surface area contributed by atoms with E-state index in [1.165, 1.54) is 6.92 Å². The third-order valence-corrected chi connectivity index (χ3v) is 4.11. The number of ether oxygens (including phenoxy) is 1. The molecule has 0 saturated carbocycles. The molecule has 0 saturated heterocycles. The van der Waals surface area contributed by atoms with Gasteiger partial charge >= 0.3 is 47.6 Å². The molecule has 0 aliphatic carbocycles. The smallest absolute Gasteiger partial charge is 0.381 e. The van der Waals surface area contributed by atoms with Crippen LogP contribution in [0.5, 0.6) is 0 Å². The predicted molar refractivity (Wildman–Crippen MR) is 76.0 cm³/mol. The van der Waals surface area contributed by atoms with Crippen LogP contribution in [0.3, 0.4) is 0 Å². The summed E-state index contributed by atoms with van der Waals surface area (Å²) in [6.07, 6.45) is -10.3. The van der Waals surface area contributed by atoms with Crippen LogP contribution in [0, 0.1) is 0 Å². The largest absolute Gasteiger partial charge is 0.460 e. The summed E-state index contributed by atoms with van der Waals surface area (Å²) < 4.78 is 227. The number of carbonyl (C=O) groups is 1. The molecule has 0 spiro atoms. The van der Waals surface area contributed by atoms with Crippen molar-refractivity contribution in [1.29, 1.82) is 0 Å². The molecule has 0 rings (SSSR count). The normalized spacial score (nSPS) is 15.6. The van der Waals surface area contributed by atoms with Crippen LogP contribution in [-0.4, -0.2) is 66.6 Å². The maximum atomic E-state index is 13.6. The van der Waals surface area contributed by atoms with Gasteiger partial charge in [-0.2, -0.15) is 74.6 Å². The monoisotopic (exact) mass is 548 g/mol. The molecule has 0 aliphatic heterocycles. The van der Waals surface area contributed by atoms with Crippen LogP contribution in [-0.2, 0) is 9.53 Å². The summed E-state index contributed by atoms with van der Waals surface area (Å²) in [4.78, 5) is 11.2. The molecule has 0 heterocycles. The van der Waals surface area contributed by atoms with Crippen LogP contribution in [0.1, 0.15) is 26.2 Å². The Balaban J connectivity index is 6.32. The topological polar surface area (TPSA) is 26.3 Å². The summed E-state index contributed by atoms with van der Waals surface area (Å²) in [5.41, 5.74) is 0. The molecule has 0 fully saturated rings. The van der Waals surface area contributed by atoms with E-state index in [4.69, 9.17) is 0 Å². The van der Waals surface area contributed by atoms with Crippen molar-refractivity contribution in [3.63, 3.8) is 0 Å². The van der Waals surface area contributed by atoms with E-state index < -0.39 is 72.9 Å². The first-order chi connectivity index (χ1) is 14.7. The molecule has 0 amide bonds. The maximum Gasteiger partial charge on any atom is 0.460 e. The molecule has 0 aromatic carbocycles. The van der Waals surface area contributed by atoms with Crippen molar-refractivity contribution in [2.45, 2.75) is 73.8 Å². The van der Waals surface area contributed by atoms with E-state index in [-0.39, 0.29) is 6.61 Å². The van der Waals surface area contributed by atoms with Gasteiger partial charge in [-0.3, -0.25) is 4.79 Å². The summed E-state index contributed by atoms with van der Waals surface area (Å²) >= 11 is 0. The Morgan fingerprint density at radius 3 is 1.26 bits per heavy atom. The lowest BCUT2D eigenvalue weighted by molar-refractivity contribution is -0.459. The minimum absolute atomic E-state index is 0.0725. The fraction of sp³-hybridized carbons (Fsp3) is 0.933. The van der Waals surface area contributed by atoms with E-state index in [2.05, 4.69) is 4.74 Å². The molecule has 19 heteroatoms. The third kappa shape index (κ3) is 4.76. The highest BCUT2D eigenvalue weighted by Gasteiger charge is 2.95. The molecule has 2 nitrogen and oxygen atoms in total. The Bertz CT molecular complexity index is 710. The second kappa shape index (κ2) is 9.48. The number of Topliss-reactive ketones (excluding diaryl/α,β-unsaturated/α-hetero) is 1. The molecule has 0 aromatic heterocycles. The van der Waals surface area contributed by atoms with E-state index in [1.807, 2.05) is 0 Å². The maximum absolute atomic E-state index is 13.6. The molecule has 204 valence electrons. The van der Waals surface area contributed by atoms with E-state index in [0.29, 0.717) is 6.42 Å². The lowest BCUT2D eigenvalue weighted by Crippen LogP contribution is -2.75. The number of alkyl halides is 17. The Kier molecular flexibility index (Phi) is 9.04. The number of carbonyl (C=O) groups excluding carboxylic acids is 1. The van der Waals surface area contributed by atoms with E-state index >= 15 is 0 Å². The van der Waals surface area contributed by atoms with Crippen LogP contribution in [0.2, 0.25) is 0 Å². The average molecular weight is 548 g/mol. The molecular formula is C15H13F17O2. The van der Waals surface area contributed by atoms with Gasteiger partial charge in [0.1, 0.15) is 0 Å². The molecule has 0 aromatic rings. The third-order valence-electron chi connectivity index (χ3n) is 4.11. The van der Waals surface area contributed by atoms with Gasteiger partial charge in [-0.1, -0.05) is 6.92 Å². The predicted octanol–water partition coefficient (Wildman–Crippen LogP) is 6.77. The van der Waals surface area contributed by atoms with Crippen molar-refractivity contribution in [3.05, 3.63) is 0 Å². The Hall–Kier alpha value is -1.56. The average Bonchev–Trinajstić information content (AvgIpc) is 2.65. The molecule has 0 N–H and O–H groups in total. The first-order valence-corrected chi connectivity index (χ1v) is 8.55. The zero-order valence-electron chi connectivity index (χ0n) is 16.3. The van der Waals surface area contributed by atoms with E-state index in [1.54, 1.807) is 0 Å². The molecule has 0 unspecified atom stereocenters. The Morgan fingerprint density at radius 1 is 0.559 bits per heavy atom. The van der Waals surface area contributed by atoms with Crippen LogP contribution >= 0.6 is 0 Å². The Labute approximate surface area is 178 Å². The van der Waals surface area contributed by atoms with Crippen molar-refractivity contribution in [2.75, 3.05) is 13.2 Å². The number of hydrogen-bond donors (Lipinski definition) is 0. The number of halogens is 17. The summed E-state index contributed by atoms with van der Waals surface area (Å²) in [6, 6.07) is 0. The zero-order valence-corrected chi connectivity index (χ0v) is 16.3. The van der Waals surface area contributed by atoms with Gasteiger partial charge in [0.15, 0.2) is 0 Å². The lowest BCUT2D eigenvalue weighted by atomic mass is 9.87. The van der Waals surface area contributed by atoms with Gasteiger partial charge in [-0.25, -0.2) is 0 Å². The number of rotatable bonds is 13. The standard InChI is InChI=1S/C15H13F17O2/c1-2-5-34-6-3-4-7(33)8(16,17)9(18,19)10(20,21)11(22,23)12(24,25)13(26,27)14(28,29)15(30,31)32/h2-6H2,1H3. The minimum Gasteiger partial charge on any atom is -0.381 e. The van der Waals surface area contributed by atoms with Gasteiger partial charge in [0, 0.05) is 19.6 Å². The van der Waals surface area contributed by atoms with Crippen molar-refractivity contribution < 1.29 is 84.2 Å². The van der Waals surface area contributed by atoms with Crippen LogP contribution < -0.4 is 0 Å². The van der Waals surface area contributed by atoms with Crippen molar-refractivity contribution in [2.24, 2.45) is 0 Å². The fourth-order valence-corrected chi connectivity index (χ4v) is 2.08. The van der Waals surface area contributed by atoms with Crippen LogP contribution in [0.25, 0.3) is 0 Å². The first kappa shape index (κ1) is 32.4. The summed E-state index contributed by atoms with van der Waals surface area (Å²) in [6.45, 7) is 0.799. The summed E-state index contributed by atoms with van der Waals surface area (Å²) in [7, 11) is 0. The molecule has 0 radical (unpaired) electrons. The molecule has 0 atom stereocenters. The summed E-state index contributed by atoms with van der Waals surface area (Å²) in [5, 5.41) is 0. The minimum atomic E-state index is -8.71. The van der Waals surface area contributed by atoms with E-state index in [0.717, 1.165) is 0 Å².